The van der Waals surface area contributed by atoms with Gasteiger partial charge < -0.3 is 20.4 Å². The Kier molecular flexibility index (Phi) is 4.50. The number of nitrogens with one attached hydrogen (secondary N) is 2. The fourth-order valence-corrected chi connectivity index (χ4v) is 2.54. The number of rotatable bonds is 2. The van der Waals surface area contributed by atoms with E-state index in [1.165, 1.54) is 0 Å². The summed E-state index contributed by atoms with van der Waals surface area (Å²) in [4.78, 5) is 27.1. The van der Waals surface area contributed by atoms with Crippen LogP contribution >= 0.6 is 0 Å². The predicted octanol–water partition coefficient (Wildman–Crippen LogP) is 0.209. The minimum absolute atomic E-state index is 0.0288. The number of hydrogen-bond acceptors (Lipinski definition) is 2. The molecule has 0 atom stereocenters. The minimum Gasteiger partial charge on any atom is -0.336 e. The molecule has 2 fully saturated rings. The van der Waals surface area contributed by atoms with Gasteiger partial charge in [-0.05, 0) is 19.8 Å². The first-order chi connectivity index (χ1) is 9.22. The molecule has 104 valence electrons. The number of hydrogen-bond donors (Lipinski definition) is 2. The molecule has 6 nitrogen and oxygen atoms in total. The Morgan fingerprint density at radius 1 is 1.42 bits per heavy atom. The molecule has 0 bridgehead atoms. The Bertz CT molecular complexity index is 405. The molecule has 2 aliphatic rings. The lowest BCUT2D eigenvalue weighted by Crippen LogP contribution is -2.50. The van der Waals surface area contributed by atoms with Gasteiger partial charge in [-0.1, -0.05) is 5.92 Å². The lowest BCUT2D eigenvalue weighted by atomic mass is 10.0. The molecule has 2 heterocycles. The Morgan fingerprint density at radius 3 is 2.74 bits per heavy atom. The molecule has 6 heteroatoms. The molecule has 0 spiro atoms. The Labute approximate surface area is 113 Å². The van der Waals surface area contributed by atoms with E-state index >= 15 is 0 Å². The van der Waals surface area contributed by atoms with E-state index < -0.39 is 0 Å². The zero-order valence-electron chi connectivity index (χ0n) is 11.2. The highest BCUT2D eigenvalue weighted by molar-refractivity contribution is 5.77. The number of amides is 4. The summed E-state index contributed by atoms with van der Waals surface area (Å²) in [6.45, 7) is 5.04. The standard InChI is InChI=1S/C13H20N4O2/c1-2-3-6-14-12(18)16-8-4-11(5-9-16)17-10-7-15-13(17)19/h11H,4-10H2,1H3,(H,14,18)(H,15,19). The average Bonchev–Trinajstić information content (AvgIpc) is 2.85. The van der Waals surface area contributed by atoms with E-state index in [0.717, 1.165) is 25.9 Å². The summed E-state index contributed by atoms with van der Waals surface area (Å²) in [6, 6.07) is 0.232. The minimum atomic E-state index is -0.0629. The second kappa shape index (κ2) is 6.32. The van der Waals surface area contributed by atoms with Crippen molar-refractivity contribution in [2.24, 2.45) is 0 Å². The van der Waals surface area contributed by atoms with E-state index in [0.29, 0.717) is 19.6 Å². The van der Waals surface area contributed by atoms with Crippen LogP contribution in [0.1, 0.15) is 19.8 Å². The van der Waals surface area contributed by atoms with Gasteiger partial charge in [0.05, 0.1) is 6.54 Å². The molecular formula is C13H20N4O2. The molecule has 0 aromatic rings. The number of urea groups is 2. The second-order valence-electron chi connectivity index (χ2n) is 4.73. The van der Waals surface area contributed by atoms with Crippen molar-refractivity contribution in [3.8, 4) is 11.8 Å². The fraction of sp³-hybridized carbons (Fsp3) is 0.692. The van der Waals surface area contributed by atoms with E-state index in [-0.39, 0.29) is 18.1 Å². The molecule has 2 N–H and O–H groups in total. The monoisotopic (exact) mass is 264 g/mol. The van der Waals surface area contributed by atoms with Gasteiger partial charge >= 0.3 is 12.1 Å². The summed E-state index contributed by atoms with van der Waals surface area (Å²) in [5.74, 6) is 5.55. The number of nitrogens with zero attached hydrogens (tertiary/aromatic N) is 2. The fourth-order valence-electron chi connectivity index (χ4n) is 2.54. The Hall–Kier alpha value is -1.90. The molecule has 2 saturated heterocycles. The Morgan fingerprint density at radius 2 is 2.16 bits per heavy atom. The maximum absolute atomic E-state index is 11.8. The zero-order valence-corrected chi connectivity index (χ0v) is 11.2. The van der Waals surface area contributed by atoms with Crippen LogP contribution in [0.3, 0.4) is 0 Å². The van der Waals surface area contributed by atoms with Crippen LogP contribution in [-0.2, 0) is 0 Å². The Balaban J connectivity index is 1.76. The third-order valence-electron chi connectivity index (χ3n) is 3.59. The van der Waals surface area contributed by atoms with Gasteiger partial charge in [-0.15, -0.1) is 5.92 Å². The van der Waals surface area contributed by atoms with Gasteiger partial charge in [0.1, 0.15) is 0 Å². The van der Waals surface area contributed by atoms with E-state index in [1.54, 1.807) is 11.8 Å². The topological polar surface area (TPSA) is 64.7 Å². The molecule has 2 aliphatic heterocycles. The van der Waals surface area contributed by atoms with Gasteiger partial charge in [0.25, 0.3) is 0 Å². The normalized spacial score (nSPS) is 19.7. The van der Waals surface area contributed by atoms with Crippen molar-refractivity contribution >= 4 is 12.1 Å². The molecule has 19 heavy (non-hydrogen) atoms. The number of likely N-dealkylation sites (tertiary alicyclic amines) is 1. The number of carbonyl (C=O) groups excluding carboxylic acids is 2. The number of carbonyl (C=O) groups is 2. The summed E-state index contributed by atoms with van der Waals surface area (Å²) < 4.78 is 0. The van der Waals surface area contributed by atoms with E-state index in [9.17, 15) is 9.59 Å². The van der Waals surface area contributed by atoms with Crippen molar-refractivity contribution in [3.05, 3.63) is 0 Å². The molecule has 0 aromatic carbocycles. The van der Waals surface area contributed by atoms with E-state index in [1.807, 2.05) is 4.90 Å². The molecule has 0 aliphatic carbocycles. The van der Waals surface area contributed by atoms with Gasteiger partial charge in [-0.2, -0.15) is 0 Å². The summed E-state index contributed by atoms with van der Waals surface area (Å²) in [5.41, 5.74) is 0. The first-order valence-corrected chi connectivity index (χ1v) is 6.69. The van der Waals surface area contributed by atoms with Crippen molar-refractivity contribution in [1.82, 2.24) is 20.4 Å². The summed E-state index contributed by atoms with van der Waals surface area (Å²) in [6.07, 6.45) is 1.70. The third-order valence-corrected chi connectivity index (χ3v) is 3.59. The molecular weight excluding hydrogens is 244 g/mol. The van der Waals surface area contributed by atoms with Crippen LogP contribution in [0.5, 0.6) is 0 Å². The first-order valence-electron chi connectivity index (χ1n) is 6.69. The maximum Gasteiger partial charge on any atom is 0.318 e. The highest BCUT2D eigenvalue weighted by Gasteiger charge is 2.31. The first kappa shape index (κ1) is 13.5. The van der Waals surface area contributed by atoms with E-state index in [2.05, 4.69) is 22.5 Å². The van der Waals surface area contributed by atoms with E-state index in [4.69, 9.17) is 0 Å². The molecule has 4 amide bonds. The van der Waals surface area contributed by atoms with Gasteiger partial charge in [0.2, 0.25) is 0 Å². The average molecular weight is 264 g/mol. The SMILES string of the molecule is CC#CCNC(=O)N1CCC(N2CCNC2=O)CC1. The lowest BCUT2D eigenvalue weighted by Gasteiger charge is -2.35. The molecule has 0 saturated carbocycles. The van der Waals surface area contributed by atoms with Crippen LogP contribution in [-0.4, -0.2) is 60.6 Å². The van der Waals surface area contributed by atoms with Crippen LogP contribution in [0.25, 0.3) is 0 Å². The smallest absolute Gasteiger partial charge is 0.318 e. The zero-order chi connectivity index (χ0) is 13.7. The lowest BCUT2D eigenvalue weighted by molar-refractivity contribution is 0.141. The van der Waals surface area contributed by atoms with Crippen molar-refractivity contribution in [1.29, 1.82) is 0 Å². The van der Waals surface area contributed by atoms with Crippen molar-refractivity contribution in [2.75, 3.05) is 32.7 Å². The van der Waals surface area contributed by atoms with Crippen LogP contribution in [0.15, 0.2) is 0 Å². The van der Waals surface area contributed by atoms with Crippen LogP contribution < -0.4 is 10.6 Å². The summed E-state index contributed by atoms with van der Waals surface area (Å²) >= 11 is 0. The quantitative estimate of drug-likeness (QED) is 0.700. The molecule has 0 unspecified atom stereocenters. The van der Waals surface area contributed by atoms with Gasteiger partial charge in [-0.25, -0.2) is 9.59 Å². The third kappa shape index (κ3) is 3.31. The summed E-state index contributed by atoms with van der Waals surface area (Å²) in [7, 11) is 0. The highest BCUT2D eigenvalue weighted by atomic mass is 16.2. The highest BCUT2D eigenvalue weighted by Crippen LogP contribution is 2.18. The largest absolute Gasteiger partial charge is 0.336 e. The second-order valence-corrected chi connectivity index (χ2v) is 4.73. The van der Waals surface area contributed by atoms with Crippen molar-refractivity contribution in [2.45, 2.75) is 25.8 Å². The van der Waals surface area contributed by atoms with Gasteiger partial charge in [0.15, 0.2) is 0 Å². The van der Waals surface area contributed by atoms with Gasteiger partial charge in [0, 0.05) is 32.2 Å². The molecule has 0 radical (unpaired) electrons. The summed E-state index contributed by atoms with van der Waals surface area (Å²) in [5, 5.41) is 5.58. The molecule has 0 aromatic heterocycles. The van der Waals surface area contributed by atoms with Gasteiger partial charge in [-0.3, -0.25) is 0 Å². The van der Waals surface area contributed by atoms with Crippen molar-refractivity contribution in [3.63, 3.8) is 0 Å². The van der Waals surface area contributed by atoms with Crippen LogP contribution in [0.2, 0.25) is 0 Å². The van der Waals surface area contributed by atoms with Crippen molar-refractivity contribution < 1.29 is 9.59 Å². The molecule has 2 rings (SSSR count). The number of piperidine rings is 1. The predicted molar refractivity (Wildman–Crippen MR) is 71.5 cm³/mol. The van der Waals surface area contributed by atoms with Crippen LogP contribution in [0.4, 0.5) is 9.59 Å². The van der Waals surface area contributed by atoms with Crippen LogP contribution in [0, 0.1) is 11.8 Å². The maximum atomic E-state index is 11.8.